The summed E-state index contributed by atoms with van der Waals surface area (Å²) >= 11 is 11.9. The van der Waals surface area contributed by atoms with Crippen molar-refractivity contribution in [3.63, 3.8) is 0 Å². The van der Waals surface area contributed by atoms with Crippen molar-refractivity contribution < 1.29 is 9.90 Å². The van der Waals surface area contributed by atoms with Gasteiger partial charge in [-0.3, -0.25) is 4.79 Å². The summed E-state index contributed by atoms with van der Waals surface area (Å²) in [5, 5.41) is 16.6. The second-order valence-corrected chi connectivity index (χ2v) is 5.99. The lowest BCUT2D eigenvalue weighted by Crippen LogP contribution is -2.41. The topological polar surface area (TPSA) is 61.4 Å². The van der Waals surface area contributed by atoms with Gasteiger partial charge in [0.25, 0.3) is 0 Å². The maximum atomic E-state index is 11.8. The van der Waals surface area contributed by atoms with E-state index in [-0.39, 0.29) is 12.5 Å². The van der Waals surface area contributed by atoms with E-state index in [2.05, 4.69) is 10.6 Å². The molecule has 0 saturated heterocycles. The van der Waals surface area contributed by atoms with E-state index in [0.717, 1.165) is 25.7 Å². The zero-order valence-electron chi connectivity index (χ0n) is 11.1. The molecule has 0 aliphatic heterocycles. The highest BCUT2D eigenvalue weighted by molar-refractivity contribution is 6.39. The average molecular weight is 317 g/mol. The van der Waals surface area contributed by atoms with Gasteiger partial charge in [0.2, 0.25) is 5.91 Å². The Bertz CT molecular complexity index is 468. The number of amides is 1. The van der Waals surface area contributed by atoms with Gasteiger partial charge in [0.05, 0.1) is 27.9 Å². The first kappa shape index (κ1) is 15.6. The lowest BCUT2D eigenvalue weighted by Gasteiger charge is -2.22. The Kier molecular flexibility index (Phi) is 5.27. The predicted molar refractivity (Wildman–Crippen MR) is 81.4 cm³/mol. The first-order chi connectivity index (χ1) is 9.50. The van der Waals surface area contributed by atoms with E-state index in [9.17, 15) is 9.90 Å². The number of rotatable bonds is 5. The van der Waals surface area contributed by atoms with E-state index in [1.165, 1.54) is 0 Å². The van der Waals surface area contributed by atoms with E-state index in [0.29, 0.717) is 22.3 Å². The summed E-state index contributed by atoms with van der Waals surface area (Å²) in [6, 6.07) is 5.05. The van der Waals surface area contributed by atoms with E-state index in [1.54, 1.807) is 18.2 Å². The van der Waals surface area contributed by atoms with Crippen LogP contribution in [0.4, 0.5) is 5.69 Å². The van der Waals surface area contributed by atoms with Crippen molar-refractivity contribution in [2.75, 3.05) is 18.4 Å². The molecule has 0 bridgehead atoms. The maximum Gasteiger partial charge on any atom is 0.238 e. The molecule has 1 amide bonds. The Morgan fingerprint density at radius 3 is 2.45 bits per heavy atom. The minimum atomic E-state index is -0.664. The molecule has 2 rings (SSSR count). The number of carbonyl (C=O) groups is 1. The summed E-state index contributed by atoms with van der Waals surface area (Å²) in [6.45, 7) is 0.542. The van der Waals surface area contributed by atoms with Crippen LogP contribution in [0.1, 0.15) is 25.7 Å². The average Bonchev–Trinajstić information content (AvgIpc) is 2.81. The number of halogens is 2. The molecule has 0 radical (unpaired) electrons. The third kappa shape index (κ3) is 4.09. The van der Waals surface area contributed by atoms with Crippen molar-refractivity contribution in [1.82, 2.24) is 5.32 Å². The summed E-state index contributed by atoms with van der Waals surface area (Å²) in [5.41, 5.74) is -0.246. The molecule has 1 aliphatic rings. The van der Waals surface area contributed by atoms with Gasteiger partial charge >= 0.3 is 0 Å². The summed E-state index contributed by atoms with van der Waals surface area (Å²) < 4.78 is 0. The highest BCUT2D eigenvalue weighted by atomic mass is 35.5. The smallest absolute Gasteiger partial charge is 0.238 e. The van der Waals surface area contributed by atoms with Crippen LogP contribution in [0.2, 0.25) is 10.0 Å². The van der Waals surface area contributed by atoms with Gasteiger partial charge < -0.3 is 15.7 Å². The zero-order chi connectivity index (χ0) is 14.6. The van der Waals surface area contributed by atoms with Crippen LogP contribution in [0.5, 0.6) is 0 Å². The van der Waals surface area contributed by atoms with Gasteiger partial charge in [-0.15, -0.1) is 0 Å². The number of anilines is 1. The van der Waals surface area contributed by atoms with Gasteiger partial charge in [0, 0.05) is 6.54 Å². The SMILES string of the molecule is O=C(CNCC1(O)CCCC1)Nc1c(Cl)cccc1Cl. The van der Waals surface area contributed by atoms with Gasteiger partial charge in [-0.1, -0.05) is 42.1 Å². The molecule has 1 aliphatic carbocycles. The Morgan fingerprint density at radius 1 is 1.25 bits per heavy atom. The second-order valence-electron chi connectivity index (χ2n) is 5.18. The van der Waals surface area contributed by atoms with Crippen LogP contribution in [0.25, 0.3) is 0 Å². The normalized spacial score (nSPS) is 17.1. The number of para-hydroxylation sites is 1. The summed E-state index contributed by atoms with van der Waals surface area (Å²) in [6.07, 6.45) is 3.66. The largest absolute Gasteiger partial charge is 0.389 e. The Morgan fingerprint density at radius 2 is 1.85 bits per heavy atom. The molecule has 1 fully saturated rings. The minimum Gasteiger partial charge on any atom is -0.389 e. The molecule has 0 spiro atoms. The number of carbonyl (C=O) groups excluding carboxylic acids is 1. The summed E-state index contributed by atoms with van der Waals surface area (Å²) in [4.78, 5) is 11.8. The lowest BCUT2D eigenvalue weighted by atomic mass is 10.0. The summed E-state index contributed by atoms with van der Waals surface area (Å²) in [5.74, 6) is -0.235. The first-order valence-corrected chi connectivity index (χ1v) is 7.43. The number of nitrogens with one attached hydrogen (secondary N) is 2. The van der Waals surface area contributed by atoms with E-state index >= 15 is 0 Å². The standard InChI is InChI=1S/C14H18Cl2N2O2/c15-10-4-3-5-11(16)13(10)18-12(19)8-17-9-14(20)6-1-2-7-14/h3-5,17,20H,1-2,6-9H2,(H,18,19). The lowest BCUT2D eigenvalue weighted by molar-refractivity contribution is -0.115. The fraction of sp³-hybridized carbons (Fsp3) is 0.500. The quantitative estimate of drug-likeness (QED) is 0.782. The molecule has 1 aromatic rings. The van der Waals surface area contributed by atoms with Crippen LogP contribution in [-0.2, 0) is 4.79 Å². The molecule has 0 atom stereocenters. The first-order valence-electron chi connectivity index (χ1n) is 6.67. The molecule has 1 saturated carbocycles. The fourth-order valence-electron chi connectivity index (χ4n) is 2.42. The molecule has 3 N–H and O–H groups in total. The molecule has 4 nitrogen and oxygen atoms in total. The highest BCUT2D eigenvalue weighted by Gasteiger charge is 2.30. The molecule has 110 valence electrons. The zero-order valence-corrected chi connectivity index (χ0v) is 12.6. The number of hydrogen-bond acceptors (Lipinski definition) is 3. The molecule has 0 heterocycles. The number of benzene rings is 1. The Hall–Kier alpha value is -0.810. The molecular weight excluding hydrogens is 299 g/mol. The van der Waals surface area contributed by atoms with Gasteiger partial charge in [-0.2, -0.15) is 0 Å². The molecule has 6 heteroatoms. The number of aliphatic hydroxyl groups is 1. The fourth-order valence-corrected chi connectivity index (χ4v) is 2.91. The summed E-state index contributed by atoms with van der Waals surface area (Å²) in [7, 11) is 0. The van der Waals surface area contributed by atoms with Crippen molar-refractivity contribution in [3.8, 4) is 0 Å². The van der Waals surface area contributed by atoms with Crippen molar-refractivity contribution >= 4 is 34.8 Å². The monoisotopic (exact) mass is 316 g/mol. The Balaban J connectivity index is 1.81. The van der Waals surface area contributed by atoms with Gasteiger partial charge in [0.1, 0.15) is 0 Å². The molecule has 1 aromatic carbocycles. The highest BCUT2D eigenvalue weighted by Crippen LogP contribution is 2.30. The van der Waals surface area contributed by atoms with Gasteiger partial charge in [0.15, 0.2) is 0 Å². The van der Waals surface area contributed by atoms with Crippen LogP contribution in [-0.4, -0.2) is 29.7 Å². The van der Waals surface area contributed by atoms with Crippen LogP contribution in [0.15, 0.2) is 18.2 Å². The molecule has 0 aromatic heterocycles. The third-order valence-electron chi connectivity index (χ3n) is 3.50. The van der Waals surface area contributed by atoms with Gasteiger partial charge in [-0.25, -0.2) is 0 Å². The predicted octanol–water partition coefficient (Wildman–Crippen LogP) is 2.83. The van der Waals surface area contributed by atoms with Crippen LogP contribution < -0.4 is 10.6 Å². The van der Waals surface area contributed by atoms with Crippen molar-refractivity contribution in [1.29, 1.82) is 0 Å². The third-order valence-corrected chi connectivity index (χ3v) is 4.13. The van der Waals surface area contributed by atoms with Crippen LogP contribution in [0, 0.1) is 0 Å². The van der Waals surface area contributed by atoms with E-state index < -0.39 is 5.60 Å². The number of hydrogen-bond donors (Lipinski definition) is 3. The van der Waals surface area contributed by atoms with Gasteiger partial charge in [-0.05, 0) is 25.0 Å². The van der Waals surface area contributed by atoms with Crippen molar-refractivity contribution in [2.24, 2.45) is 0 Å². The van der Waals surface area contributed by atoms with Crippen molar-refractivity contribution in [3.05, 3.63) is 28.2 Å². The molecule has 20 heavy (non-hydrogen) atoms. The Labute approximate surface area is 128 Å². The molecule has 0 unspecified atom stereocenters. The molecular formula is C14H18Cl2N2O2. The van der Waals surface area contributed by atoms with E-state index in [4.69, 9.17) is 23.2 Å². The minimum absolute atomic E-state index is 0.115. The van der Waals surface area contributed by atoms with Crippen LogP contribution >= 0.6 is 23.2 Å². The second kappa shape index (κ2) is 6.76. The van der Waals surface area contributed by atoms with Crippen LogP contribution in [0.3, 0.4) is 0 Å². The van der Waals surface area contributed by atoms with E-state index in [1.807, 2.05) is 0 Å². The van der Waals surface area contributed by atoms with Crippen molar-refractivity contribution in [2.45, 2.75) is 31.3 Å². The maximum absolute atomic E-state index is 11.8.